The molecule has 1 aliphatic carbocycles. The van der Waals surface area contributed by atoms with Gasteiger partial charge in [0.15, 0.2) is 0 Å². The zero-order valence-corrected chi connectivity index (χ0v) is 10.7. The van der Waals surface area contributed by atoms with E-state index in [1.54, 1.807) is 0 Å². The highest BCUT2D eigenvalue weighted by Gasteiger charge is 2.36. The van der Waals surface area contributed by atoms with Gasteiger partial charge in [0.25, 0.3) is 0 Å². The Hall–Kier alpha value is -1.58. The molecule has 0 aromatic rings. The standard InChI is InChI=1S/C14H20O4/c1-3-12(15)17-11-7-10-14(8-5-6-9-14)18-13(16)4-2/h3-4H,1-2,5-11H2. The van der Waals surface area contributed by atoms with Crippen LogP contribution >= 0.6 is 0 Å². The highest BCUT2D eigenvalue weighted by molar-refractivity contribution is 5.81. The second-order valence-corrected chi connectivity index (χ2v) is 4.49. The quantitative estimate of drug-likeness (QED) is 0.397. The Kier molecular flexibility index (Phi) is 5.62. The highest BCUT2D eigenvalue weighted by atomic mass is 16.6. The van der Waals surface area contributed by atoms with E-state index in [1.807, 2.05) is 0 Å². The van der Waals surface area contributed by atoms with Crippen molar-refractivity contribution in [2.24, 2.45) is 0 Å². The molecule has 0 aromatic carbocycles. The molecule has 0 radical (unpaired) electrons. The van der Waals surface area contributed by atoms with Crippen molar-refractivity contribution in [3.8, 4) is 0 Å². The zero-order chi connectivity index (χ0) is 13.4. The maximum absolute atomic E-state index is 11.3. The van der Waals surface area contributed by atoms with Crippen LogP contribution in [0.25, 0.3) is 0 Å². The number of carbonyl (C=O) groups is 2. The maximum Gasteiger partial charge on any atom is 0.330 e. The zero-order valence-electron chi connectivity index (χ0n) is 10.7. The Morgan fingerprint density at radius 1 is 1.11 bits per heavy atom. The Morgan fingerprint density at radius 2 is 1.72 bits per heavy atom. The van der Waals surface area contributed by atoms with Gasteiger partial charge in [-0.05, 0) is 38.5 Å². The van der Waals surface area contributed by atoms with Crippen LogP contribution < -0.4 is 0 Å². The van der Waals surface area contributed by atoms with Gasteiger partial charge in [0.1, 0.15) is 5.60 Å². The molecule has 0 spiro atoms. The summed E-state index contributed by atoms with van der Waals surface area (Å²) in [6, 6.07) is 0. The van der Waals surface area contributed by atoms with E-state index in [0.717, 1.165) is 38.2 Å². The van der Waals surface area contributed by atoms with E-state index < -0.39 is 5.97 Å². The van der Waals surface area contributed by atoms with Crippen molar-refractivity contribution in [3.63, 3.8) is 0 Å². The minimum atomic E-state index is -0.418. The van der Waals surface area contributed by atoms with Gasteiger partial charge in [0, 0.05) is 12.2 Å². The van der Waals surface area contributed by atoms with E-state index in [9.17, 15) is 9.59 Å². The lowest BCUT2D eigenvalue weighted by Gasteiger charge is -2.28. The molecule has 0 atom stereocenters. The molecular formula is C14H20O4. The van der Waals surface area contributed by atoms with Gasteiger partial charge >= 0.3 is 11.9 Å². The molecule has 1 fully saturated rings. The van der Waals surface area contributed by atoms with Crippen molar-refractivity contribution in [3.05, 3.63) is 25.3 Å². The van der Waals surface area contributed by atoms with Crippen LogP contribution in [0.4, 0.5) is 0 Å². The molecule has 0 bridgehead atoms. The molecule has 0 unspecified atom stereocenters. The van der Waals surface area contributed by atoms with E-state index >= 15 is 0 Å². The molecule has 1 rings (SSSR count). The summed E-state index contributed by atoms with van der Waals surface area (Å²) in [5, 5.41) is 0. The lowest BCUT2D eigenvalue weighted by molar-refractivity contribution is -0.154. The molecule has 0 aliphatic heterocycles. The molecule has 1 saturated carbocycles. The highest BCUT2D eigenvalue weighted by Crippen LogP contribution is 2.37. The minimum absolute atomic E-state index is 0.332. The predicted molar refractivity (Wildman–Crippen MR) is 67.9 cm³/mol. The fourth-order valence-corrected chi connectivity index (χ4v) is 2.30. The van der Waals surface area contributed by atoms with Gasteiger partial charge in [-0.25, -0.2) is 9.59 Å². The molecule has 1 aliphatic rings. The molecule has 0 saturated heterocycles. The Bertz CT molecular complexity index is 327. The first-order valence-corrected chi connectivity index (χ1v) is 6.26. The molecule has 4 heteroatoms. The van der Waals surface area contributed by atoms with Crippen LogP contribution in [0.2, 0.25) is 0 Å². The molecule has 0 heterocycles. The summed E-state index contributed by atoms with van der Waals surface area (Å²) in [5.41, 5.74) is -0.383. The van der Waals surface area contributed by atoms with E-state index in [1.165, 1.54) is 6.08 Å². The van der Waals surface area contributed by atoms with Crippen LogP contribution in [0, 0.1) is 0 Å². The van der Waals surface area contributed by atoms with Gasteiger partial charge in [0.2, 0.25) is 0 Å². The molecular weight excluding hydrogens is 232 g/mol. The number of esters is 2. The predicted octanol–water partition coefficient (Wildman–Crippen LogP) is 2.54. The average Bonchev–Trinajstić information content (AvgIpc) is 2.83. The van der Waals surface area contributed by atoms with Crippen molar-refractivity contribution in [1.29, 1.82) is 0 Å². The van der Waals surface area contributed by atoms with Gasteiger partial charge in [-0.1, -0.05) is 13.2 Å². The lowest BCUT2D eigenvalue weighted by Crippen LogP contribution is -2.31. The molecule has 100 valence electrons. The van der Waals surface area contributed by atoms with E-state index in [0.29, 0.717) is 13.0 Å². The lowest BCUT2D eigenvalue weighted by atomic mass is 9.95. The summed E-state index contributed by atoms with van der Waals surface area (Å²) in [7, 11) is 0. The van der Waals surface area contributed by atoms with Gasteiger partial charge < -0.3 is 9.47 Å². The van der Waals surface area contributed by atoms with E-state index in [-0.39, 0.29) is 11.6 Å². The number of hydrogen-bond donors (Lipinski definition) is 0. The summed E-state index contributed by atoms with van der Waals surface area (Å²) in [6.07, 6.45) is 7.62. The van der Waals surface area contributed by atoms with Gasteiger partial charge in [-0.3, -0.25) is 0 Å². The first kappa shape index (κ1) is 14.5. The fourth-order valence-electron chi connectivity index (χ4n) is 2.30. The van der Waals surface area contributed by atoms with Crippen LogP contribution in [0.5, 0.6) is 0 Å². The first-order chi connectivity index (χ1) is 8.62. The van der Waals surface area contributed by atoms with Crippen LogP contribution in [0.15, 0.2) is 25.3 Å². The van der Waals surface area contributed by atoms with Gasteiger partial charge in [0.05, 0.1) is 6.61 Å². The van der Waals surface area contributed by atoms with Crippen LogP contribution in [-0.4, -0.2) is 24.1 Å². The summed E-state index contributed by atoms with van der Waals surface area (Å²) in [5.74, 6) is -0.793. The minimum Gasteiger partial charge on any atom is -0.463 e. The van der Waals surface area contributed by atoms with Crippen molar-refractivity contribution >= 4 is 11.9 Å². The largest absolute Gasteiger partial charge is 0.463 e. The number of ether oxygens (including phenoxy) is 2. The Morgan fingerprint density at radius 3 is 2.28 bits per heavy atom. The molecule has 4 nitrogen and oxygen atoms in total. The summed E-state index contributed by atoms with van der Waals surface area (Å²) >= 11 is 0. The fraction of sp³-hybridized carbons (Fsp3) is 0.571. The molecule has 0 amide bonds. The van der Waals surface area contributed by atoms with Crippen molar-refractivity contribution in [2.45, 2.75) is 44.1 Å². The van der Waals surface area contributed by atoms with Crippen LogP contribution in [0.1, 0.15) is 38.5 Å². The Labute approximate surface area is 108 Å². The van der Waals surface area contributed by atoms with Crippen molar-refractivity contribution in [2.75, 3.05) is 6.61 Å². The third-order valence-electron chi connectivity index (χ3n) is 3.19. The van der Waals surface area contributed by atoms with Gasteiger partial charge in [-0.2, -0.15) is 0 Å². The normalized spacial score (nSPS) is 16.9. The van der Waals surface area contributed by atoms with Crippen LogP contribution in [-0.2, 0) is 19.1 Å². The molecule has 0 N–H and O–H groups in total. The van der Waals surface area contributed by atoms with Crippen molar-refractivity contribution in [1.82, 2.24) is 0 Å². The second kappa shape index (κ2) is 6.99. The number of rotatable bonds is 7. The number of carbonyl (C=O) groups excluding carboxylic acids is 2. The summed E-state index contributed by atoms with van der Waals surface area (Å²) in [6.45, 7) is 7.07. The average molecular weight is 252 g/mol. The topological polar surface area (TPSA) is 52.6 Å². The SMILES string of the molecule is C=CC(=O)OCCCC1(OC(=O)C=C)CCCC1. The van der Waals surface area contributed by atoms with Crippen LogP contribution in [0.3, 0.4) is 0 Å². The molecule has 18 heavy (non-hydrogen) atoms. The third-order valence-corrected chi connectivity index (χ3v) is 3.19. The molecule has 0 aromatic heterocycles. The maximum atomic E-state index is 11.3. The van der Waals surface area contributed by atoms with Gasteiger partial charge in [-0.15, -0.1) is 0 Å². The Balaban J connectivity index is 2.38. The first-order valence-electron chi connectivity index (χ1n) is 6.26. The summed E-state index contributed by atoms with van der Waals surface area (Å²) in [4.78, 5) is 22.2. The van der Waals surface area contributed by atoms with E-state index in [2.05, 4.69) is 13.2 Å². The third kappa shape index (κ3) is 4.35. The van der Waals surface area contributed by atoms with E-state index in [4.69, 9.17) is 9.47 Å². The number of hydrogen-bond acceptors (Lipinski definition) is 4. The summed E-state index contributed by atoms with van der Waals surface area (Å²) < 4.78 is 10.4. The second-order valence-electron chi connectivity index (χ2n) is 4.49. The smallest absolute Gasteiger partial charge is 0.330 e. The monoisotopic (exact) mass is 252 g/mol. The van der Waals surface area contributed by atoms with Crippen molar-refractivity contribution < 1.29 is 19.1 Å².